The molecule has 3 aliphatic rings. The molecule has 1 aliphatic heterocycles. The maximum Gasteiger partial charge on any atom is 0.387 e. The summed E-state index contributed by atoms with van der Waals surface area (Å²) in [6.45, 7) is -1.31. The highest BCUT2D eigenvalue weighted by Gasteiger charge is 2.29. The van der Waals surface area contributed by atoms with E-state index < -0.39 is 12.7 Å². The predicted octanol–water partition coefficient (Wildman–Crippen LogP) is 3.52. The number of ether oxygens (including phenoxy) is 3. The third kappa shape index (κ3) is 4.27. The van der Waals surface area contributed by atoms with E-state index in [4.69, 9.17) is 9.47 Å². The maximum absolute atomic E-state index is 12.7. The average molecular weight is 352 g/mol. The molecule has 1 saturated carbocycles. The number of epoxide rings is 1. The van der Waals surface area contributed by atoms with Gasteiger partial charge in [0.15, 0.2) is 0 Å². The molecule has 1 aromatic heterocycles. The molecule has 25 heavy (non-hydrogen) atoms. The summed E-state index contributed by atoms with van der Waals surface area (Å²) in [4.78, 5) is 0. The normalized spacial score (nSPS) is 26.7. The molecule has 2 atom stereocenters. The smallest absolute Gasteiger partial charge is 0.387 e. The van der Waals surface area contributed by atoms with E-state index in [2.05, 4.69) is 9.84 Å². The van der Waals surface area contributed by atoms with Crippen LogP contribution >= 0.6 is 0 Å². The fraction of sp³-hybridized carbons (Fsp3) is 0.611. The van der Waals surface area contributed by atoms with E-state index in [9.17, 15) is 8.78 Å². The first-order valence-electron chi connectivity index (χ1n) is 8.84. The molecule has 0 aromatic carbocycles. The van der Waals surface area contributed by atoms with Crippen molar-refractivity contribution >= 4 is 5.57 Å². The average Bonchev–Trinajstić information content (AvgIpc) is 3.05. The molecule has 7 heteroatoms. The zero-order chi connectivity index (χ0) is 17.2. The third-order valence-corrected chi connectivity index (χ3v) is 4.82. The fourth-order valence-electron chi connectivity index (χ4n) is 3.46. The maximum atomic E-state index is 12.7. The Morgan fingerprint density at radius 2 is 2.08 bits per heavy atom. The molecular formula is C18H22F2N2O3. The van der Waals surface area contributed by atoms with Crippen LogP contribution in [0, 0.1) is 0 Å². The number of hydrogen-bond acceptors (Lipinski definition) is 4. The van der Waals surface area contributed by atoms with Gasteiger partial charge in [0, 0.05) is 12.6 Å². The van der Waals surface area contributed by atoms with Crippen LogP contribution in [-0.4, -0.2) is 41.3 Å². The van der Waals surface area contributed by atoms with Crippen molar-refractivity contribution < 1.29 is 23.0 Å². The van der Waals surface area contributed by atoms with Crippen molar-refractivity contribution in [1.29, 1.82) is 0 Å². The first-order chi connectivity index (χ1) is 12.2. The second-order valence-electron chi connectivity index (χ2n) is 6.75. The van der Waals surface area contributed by atoms with Crippen LogP contribution in [0.15, 0.2) is 30.2 Å². The monoisotopic (exact) mass is 352 g/mol. The van der Waals surface area contributed by atoms with E-state index in [0.29, 0.717) is 6.42 Å². The lowest BCUT2D eigenvalue weighted by Crippen LogP contribution is -2.26. The third-order valence-electron chi connectivity index (χ3n) is 4.82. The summed E-state index contributed by atoms with van der Waals surface area (Å²) in [7, 11) is 0. The Balaban J connectivity index is 1.48. The van der Waals surface area contributed by atoms with Crippen molar-refractivity contribution in [2.75, 3.05) is 6.61 Å². The van der Waals surface area contributed by atoms with Crippen LogP contribution < -0.4 is 0 Å². The summed E-state index contributed by atoms with van der Waals surface area (Å²) in [6.07, 6.45) is 9.92. The Hall–Kier alpha value is -1.73. The predicted molar refractivity (Wildman–Crippen MR) is 86.9 cm³/mol. The molecule has 2 heterocycles. The van der Waals surface area contributed by atoms with Crippen LogP contribution in [0.3, 0.4) is 0 Å². The summed E-state index contributed by atoms with van der Waals surface area (Å²) in [6, 6.07) is 1.94. The second kappa shape index (κ2) is 7.25. The molecule has 136 valence electrons. The molecule has 2 aliphatic carbocycles. The number of hydrogen-bond donors (Lipinski definition) is 0. The van der Waals surface area contributed by atoms with E-state index >= 15 is 0 Å². The molecule has 2 unspecified atom stereocenters. The molecular weight excluding hydrogens is 330 g/mol. The van der Waals surface area contributed by atoms with Gasteiger partial charge in [0.2, 0.25) is 0 Å². The van der Waals surface area contributed by atoms with E-state index in [0.717, 1.165) is 50.1 Å². The zero-order valence-corrected chi connectivity index (χ0v) is 13.9. The van der Waals surface area contributed by atoms with Crippen molar-refractivity contribution in [3.05, 3.63) is 35.9 Å². The van der Waals surface area contributed by atoms with Gasteiger partial charge in [0.25, 0.3) is 0 Å². The number of aromatic nitrogens is 2. The minimum absolute atomic E-state index is 0.124. The lowest BCUT2D eigenvalue weighted by molar-refractivity contribution is -0.124. The Morgan fingerprint density at radius 3 is 2.80 bits per heavy atom. The van der Waals surface area contributed by atoms with E-state index in [-0.39, 0.29) is 18.0 Å². The molecule has 4 rings (SSSR count). The molecule has 0 N–H and O–H groups in total. The standard InChI is InChI=1S/C18H22F2N2O3/c19-18(20)25-16-6-5-12(9-17(16)24-13-3-1-2-4-13)15-7-8-22(21-15)10-14-11-23-14/h5-8,13-14,17-18H,1-4,9-11H2. The number of nitrogens with zero attached hydrogens (tertiary/aromatic N) is 2. The number of rotatable bonds is 7. The SMILES string of the molecule is FC(F)OC1=CC=C(c2ccn(CC3CO3)n2)CC1OC1CCCC1. The zero-order valence-electron chi connectivity index (χ0n) is 13.9. The van der Waals surface area contributed by atoms with Crippen LogP contribution in [0.2, 0.25) is 0 Å². The van der Waals surface area contributed by atoms with E-state index in [1.165, 1.54) is 0 Å². The molecule has 0 spiro atoms. The van der Waals surface area contributed by atoms with Gasteiger partial charge in [-0.05, 0) is 30.6 Å². The molecule has 1 aromatic rings. The Kier molecular flexibility index (Phi) is 4.85. The van der Waals surface area contributed by atoms with Crippen molar-refractivity contribution in [2.24, 2.45) is 0 Å². The van der Waals surface area contributed by atoms with E-state index in [1.807, 2.05) is 16.9 Å². The molecule has 1 saturated heterocycles. The summed E-state index contributed by atoms with van der Waals surface area (Å²) in [5.74, 6) is 0.205. The van der Waals surface area contributed by atoms with Crippen molar-refractivity contribution in [3.8, 4) is 0 Å². The highest BCUT2D eigenvalue weighted by Crippen LogP contribution is 2.33. The van der Waals surface area contributed by atoms with Gasteiger partial charge in [-0.25, -0.2) is 0 Å². The van der Waals surface area contributed by atoms with Crippen LogP contribution in [0.25, 0.3) is 5.57 Å². The Morgan fingerprint density at radius 1 is 1.28 bits per heavy atom. The van der Waals surface area contributed by atoms with Gasteiger partial charge in [-0.3, -0.25) is 4.68 Å². The quantitative estimate of drug-likeness (QED) is 0.705. The van der Waals surface area contributed by atoms with Gasteiger partial charge in [-0.2, -0.15) is 13.9 Å². The minimum atomic E-state index is -2.84. The lowest BCUT2D eigenvalue weighted by Gasteiger charge is -2.27. The van der Waals surface area contributed by atoms with Crippen LogP contribution in [0.4, 0.5) is 8.78 Å². The van der Waals surface area contributed by atoms with Crippen molar-refractivity contribution in [1.82, 2.24) is 9.78 Å². The van der Waals surface area contributed by atoms with Gasteiger partial charge in [-0.1, -0.05) is 18.9 Å². The first-order valence-corrected chi connectivity index (χ1v) is 8.84. The topological polar surface area (TPSA) is 48.8 Å². The van der Waals surface area contributed by atoms with Gasteiger partial charge in [0.05, 0.1) is 24.9 Å². The molecule has 5 nitrogen and oxygen atoms in total. The largest absolute Gasteiger partial charge is 0.437 e. The molecule has 0 amide bonds. The van der Waals surface area contributed by atoms with Gasteiger partial charge in [0.1, 0.15) is 18.0 Å². The molecule has 0 radical (unpaired) electrons. The lowest BCUT2D eigenvalue weighted by atomic mass is 9.98. The molecule has 2 fully saturated rings. The number of alkyl halides is 2. The van der Waals surface area contributed by atoms with Crippen molar-refractivity contribution in [2.45, 2.75) is 63.6 Å². The van der Waals surface area contributed by atoms with Crippen molar-refractivity contribution in [3.63, 3.8) is 0 Å². The first kappa shape index (κ1) is 16.7. The van der Waals surface area contributed by atoms with Crippen LogP contribution in [-0.2, 0) is 20.8 Å². The second-order valence-corrected chi connectivity index (χ2v) is 6.75. The minimum Gasteiger partial charge on any atom is -0.437 e. The molecule has 0 bridgehead atoms. The van der Waals surface area contributed by atoms with Gasteiger partial charge in [-0.15, -0.1) is 0 Å². The highest BCUT2D eigenvalue weighted by atomic mass is 19.3. The Bertz CT molecular complexity index is 661. The van der Waals surface area contributed by atoms with Gasteiger partial charge < -0.3 is 14.2 Å². The van der Waals surface area contributed by atoms with E-state index in [1.54, 1.807) is 12.2 Å². The highest BCUT2D eigenvalue weighted by molar-refractivity contribution is 5.66. The summed E-state index contributed by atoms with van der Waals surface area (Å²) in [5.41, 5.74) is 1.81. The van der Waals surface area contributed by atoms with Crippen LogP contribution in [0.1, 0.15) is 37.8 Å². The fourth-order valence-corrected chi connectivity index (χ4v) is 3.46. The summed E-state index contributed by atoms with van der Waals surface area (Å²) >= 11 is 0. The van der Waals surface area contributed by atoms with Crippen LogP contribution in [0.5, 0.6) is 0 Å². The van der Waals surface area contributed by atoms with Gasteiger partial charge >= 0.3 is 6.61 Å². The number of allylic oxidation sites excluding steroid dienone is 2. The summed E-state index contributed by atoms with van der Waals surface area (Å²) < 4.78 is 43.2. The number of halogens is 2. The Labute approximate surface area is 145 Å². The summed E-state index contributed by atoms with van der Waals surface area (Å²) in [5, 5.41) is 4.56.